The molecule has 6 nitrogen and oxygen atoms in total. The van der Waals surface area contributed by atoms with Gasteiger partial charge in [-0.3, -0.25) is 0 Å². The van der Waals surface area contributed by atoms with Gasteiger partial charge in [-0.05, 0) is 59.5 Å². The molecule has 1 aliphatic carbocycles. The van der Waals surface area contributed by atoms with Crippen molar-refractivity contribution in [2.24, 2.45) is 5.92 Å². The van der Waals surface area contributed by atoms with E-state index in [0.29, 0.717) is 30.3 Å². The Morgan fingerprint density at radius 2 is 1.83 bits per heavy atom. The van der Waals surface area contributed by atoms with Gasteiger partial charge in [-0.1, -0.05) is 42.5 Å². The lowest BCUT2D eigenvalue weighted by Crippen LogP contribution is -2.24. The summed E-state index contributed by atoms with van der Waals surface area (Å²) in [5.74, 6) is 2.53. The zero-order valence-corrected chi connectivity index (χ0v) is 17.0. The van der Waals surface area contributed by atoms with Crippen molar-refractivity contribution in [3.63, 3.8) is 0 Å². The topological polar surface area (TPSA) is 74.2 Å². The van der Waals surface area contributed by atoms with Crippen LogP contribution in [0, 0.1) is 5.92 Å². The zero-order valence-electron chi connectivity index (χ0n) is 16.3. The number of phenols is 1. The normalized spacial score (nSPS) is 17.7. The molecule has 0 spiro atoms. The van der Waals surface area contributed by atoms with Crippen LogP contribution >= 0.6 is 11.6 Å². The third-order valence-corrected chi connectivity index (χ3v) is 5.40. The average molecular weight is 410 g/mol. The summed E-state index contributed by atoms with van der Waals surface area (Å²) in [5, 5.41) is 12.8. The van der Waals surface area contributed by atoms with Crippen molar-refractivity contribution >= 4 is 23.5 Å². The van der Waals surface area contributed by atoms with Crippen LogP contribution in [0.25, 0.3) is 0 Å². The number of aromatic hydroxyl groups is 1. The molecule has 2 atom stereocenters. The van der Waals surface area contributed by atoms with Crippen LogP contribution in [-0.4, -0.2) is 40.2 Å². The molecule has 1 aliphatic rings. The van der Waals surface area contributed by atoms with Gasteiger partial charge in [0.05, 0.1) is 0 Å². The van der Waals surface area contributed by atoms with Crippen LogP contribution in [0.3, 0.4) is 0 Å². The lowest BCUT2D eigenvalue weighted by molar-refractivity contribution is 0.475. The Morgan fingerprint density at radius 3 is 2.59 bits per heavy atom. The first-order valence-electron chi connectivity index (χ1n) is 9.78. The fourth-order valence-electron chi connectivity index (χ4n) is 3.56. The second-order valence-electron chi connectivity index (χ2n) is 7.46. The SMILES string of the molecule is CN(C[C@@H]1C[C@H]1c1ccccc1)c1nc(Cl)nc(NCCc2ccc(O)cc2)n1. The first-order valence-corrected chi connectivity index (χ1v) is 10.2. The molecular weight excluding hydrogens is 386 g/mol. The number of aromatic nitrogens is 3. The van der Waals surface area contributed by atoms with Crippen LogP contribution in [0.4, 0.5) is 11.9 Å². The summed E-state index contributed by atoms with van der Waals surface area (Å²) in [4.78, 5) is 15.0. The summed E-state index contributed by atoms with van der Waals surface area (Å²) >= 11 is 6.13. The molecule has 0 amide bonds. The van der Waals surface area contributed by atoms with Gasteiger partial charge >= 0.3 is 0 Å². The molecule has 1 fully saturated rings. The molecule has 2 aromatic carbocycles. The van der Waals surface area contributed by atoms with Gasteiger partial charge in [-0.25, -0.2) is 0 Å². The average Bonchev–Trinajstić information content (AvgIpc) is 3.49. The van der Waals surface area contributed by atoms with E-state index in [9.17, 15) is 5.11 Å². The highest BCUT2D eigenvalue weighted by Crippen LogP contribution is 2.47. The highest BCUT2D eigenvalue weighted by Gasteiger charge is 2.39. The molecule has 1 saturated carbocycles. The monoisotopic (exact) mass is 409 g/mol. The number of hydrogen-bond acceptors (Lipinski definition) is 6. The van der Waals surface area contributed by atoms with Crippen LogP contribution in [0.5, 0.6) is 5.75 Å². The van der Waals surface area contributed by atoms with Crippen molar-refractivity contribution in [1.82, 2.24) is 15.0 Å². The Bertz CT molecular complexity index is 951. The van der Waals surface area contributed by atoms with Crippen LogP contribution in [0.15, 0.2) is 54.6 Å². The van der Waals surface area contributed by atoms with E-state index < -0.39 is 0 Å². The van der Waals surface area contributed by atoms with Crippen molar-refractivity contribution in [1.29, 1.82) is 0 Å². The Labute approximate surface area is 175 Å². The molecular formula is C22H24ClN5O. The number of benzene rings is 2. The summed E-state index contributed by atoms with van der Waals surface area (Å²) in [5.41, 5.74) is 2.52. The molecule has 1 heterocycles. The molecule has 150 valence electrons. The lowest BCUT2D eigenvalue weighted by atomic mass is 10.1. The van der Waals surface area contributed by atoms with E-state index >= 15 is 0 Å². The van der Waals surface area contributed by atoms with Crippen LogP contribution in [-0.2, 0) is 6.42 Å². The second kappa shape index (κ2) is 8.66. The minimum absolute atomic E-state index is 0.185. The fraction of sp³-hybridized carbons (Fsp3) is 0.318. The van der Waals surface area contributed by atoms with Crippen LogP contribution < -0.4 is 10.2 Å². The fourth-order valence-corrected chi connectivity index (χ4v) is 3.72. The van der Waals surface area contributed by atoms with Gasteiger partial charge in [-0.15, -0.1) is 0 Å². The first-order chi connectivity index (χ1) is 14.1. The van der Waals surface area contributed by atoms with E-state index in [2.05, 4.69) is 50.6 Å². The van der Waals surface area contributed by atoms with Crippen molar-refractivity contribution in [3.05, 3.63) is 71.0 Å². The van der Waals surface area contributed by atoms with E-state index in [-0.39, 0.29) is 11.0 Å². The number of anilines is 2. The van der Waals surface area contributed by atoms with Gasteiger partial charge in [-0.2, -0.15) is 15.0 Å². The van der Waals surface area contributed by atoms with Gasteiger partial charge in [0.1, 0.15) is 5.75 Å². The third-order valence-electron chi connectivity index (χ3n) is 5.23. The molecule has 0 radical (unpaired) electrons. The minimum Gasteiger partial charge on any atom is -0.508 e. The molecule has 4 rings (SSSR count). The number of nitrogens with one attached hydrogen (secondary N) is 1. The number of nitrogens with zero attached hydrogens (tertiary/aromatic N) is 4. The molecule has 1 aromatic heterocycles. The number of hydrogen-bond donors (Lipinski definition) is 2. The summed E-state index contributed by atoms with van der Waals surface area (Å²) < 4.78 is 0. The largest absolute Gasteiger partial charge is 0.508 e. The van der Waals surface area contributed by atoms with E-state index in [4.69, 9.17) is 11.6 Å². The Balaban J connectivity index is 1.33. The molecule has 0 aliphatic heterocycles. The van der Waals surface area contributed by atoms with Gasteiger partial charge in [0.2, 0.25) is 17.2 Å². The summed E-state index contributed by atoms with van der Waals surface area (Å²) in [6.45, 7) is 1.54. The third kappa shape index (κ3) is 5.15. The van der Waals surface area contributed by atoms with E-state index in [1.54, 1.807) is 12.1 Å². The summed E-state index contributed by atoms with van der Waals surface area (Å²) in [6, 6.07) is 17.8. The van der Waals surface area contributed by atoms with Crippen molar-refractivity contribution < 1.29 is 5.11 Å². The molecule has 0 unspecified atom stereocenters. The van der Waals surface area contributed by atoms with Crippen LogP contribution in [0.2, 0.25) is 5.28 Å². The van der Waals surface area contributed by atoms with Gasteiger partial charge in [0.15, 0.2) is 0 Å². The maximum atomic E-state index is 9.36. The smallest absolute Gasteiger partial charge is 0.231 e. The highest BCUT2D eigenvalue weighted by atomic mass is 35.5. The molecule has 7 heteroatoms. The molecule has 0 saturated heterocycles. The Hall–Kier alpha value is -2.86. The Kier molecular flexibility index (Phi) is 5.81. The maximum absolute atomic E-state index is 9.36. The molecule has 3 aromatic rings. The predicted octanol–water partition coefficient (Wildman–Crippen LogP) is 4.13. The number of phenolic OH excluding ortho intramolecular Hbond substituents is 1. The van der Waals surface area contributed by atoms with Gasteiger partial charge < -0.3 is 15.3 Å². The summed E-state index contributed by atoms with van der Waals surface area (Å²) in [7, 11) is 1.99. The number of rotatable bonds is 8. The zero-order chi connectivity index (χ0) is 20.2. The van der Waals surface area contributed by atoms with Crippen molar-refractivity contribution in [3.8, 4) is 5.75 Å². The summed E-state index contributed by atoms with van der Waals surface area (Å²) in [6.07, 6.45) is 1.97. The standard InChI is InChI=1S/C22H24ClN5O/c1-28(14-17-13-19(17)16-5-3-2-4-6-16)22-26-20(23)25-21(27-22)24-12-11-15-7-9-18(29)10-8-15/h2-10,17,19,29H,11-14H2,1H3,(H,24,25,26,27)/t17-,19-/m0/s1. The predicted molar refractivity (Wildman–Crippen MR) is 116 cm³/mol. The van der Waals surface area contributed by atoms with E-state index in [1.807, 2.05) is 24.1 Å². The van der Waals surface area contributed by atoms with Crippen molar-refractivity contribution in [2.75, 3.05) is 30.4 Å². The lowest BCUT2D eigenvalue weighted by Gasteiger charge is -2.18. The molecule has 29 heavy (non-hydrogen) atoms. The second-order valence-corrected chi connectivity index (χ2v) is 7.80. The molecule has 2 N–H and O–H groups in total. The van der Waals surface area contributed by atoms with E-state index in [1.165, 1.54) is 12.0 Å². The maximum Gasteiger partial charge on any atom is 0.231 e. The first kappa shape index (κ1) is 19.5. The van der Waals surface area contributed by atoms with Gasteiger partial charge in [0.25, 0.3) is 0 Å². The van der Waals surface area contributed by atoms with Crippen molar-refractivity contribution in [2.45, 2.75) is 18.8 Å². The number of halogens is 1. The highest BCUT2D eigenvalue weighted by molar-refractivity contribution is 6.28. The quantitative estimate of drug-likeness (QED) is 0.582. The van der Waals surface area contributed by atoms with Crippen LogP contribution in [0.1, 0.15) is 23.5 Å². The molecule has 0 bridgehead atoms. The minimum atomic E-state index is 0.185. The van der Waals surface area contributed by atoms with Gasteiger partial charge in [0, 0.05) is 20.1 Å². The Morgan fingerprint density at radius 1 is 1.07 bits per heavy atom. The van der Waals surface area contributed by atoms with E-state index in [0.717, 1.165) is 18.5 Å².